The van der Waals surface area contributed by atoms with Gasteiger partial charge in [0.1, 0.15) is 5.82 Å². The number of nitrogens with zero attached hydrogens (tertiary/aromatic N) is 1. The van der Waals surface area contributed by atoms with Gasteiger partial charge < -0.3 is 10.0 Å². The first-order valence-electron chi connectivity index (χ1n) is 4.92. The SMILES string of the molecule is CCN(CC(O)CCl)c1ccc(F)cc1. The zero-order valence-corrected chi connectivity index (χ0v) is 9.41. The molecule has 1 N–H and O–H groups in total. The first-order chi connectivity index (χ1) is 7.17. The lowest BCUT2D eigenvalue weighted by Gasteiger charge is -2.25. The summed E-state index contributed by atoms with van der Waals surface area (Å²) in [6, 6.07) is 6.20. The van der Waals surface area contributed by atoms with E-state index in [0.717, 1.165) is 12.2 Å². The van der Waals surface area contributed by atoms with E-state index in [1.165, 1.54) is 12.1 Å². The number of aliphatic hydroxyl groups is 1. The summed E-state index contributed by atoms with van der Waals surface area (Å²) in [7, 11) is 0. The Morgan fingerprint density at radius 1 is 1.40 bits per heavy atom. The van der Waals surface area contributed by atoms with Gasteiger partial charge in [-0.25, -0.2) is 4.39 Å². The van der Waals surface area contributed by atoms with Crippen molar-refractivity contribution in [2.45, 2.75) is 13.0 Å². The van der Waals surface area contributed by atoms with Crippen LogP contribution in [0.3, 0.4) is 0 Å². The highest BCUT2D eigenvalue weighted by Gasteiger charge is 2.09. The summed E-state index contributed by atoms with van der Waals surface area (Å²) in [4.78, 5) is 1.95. The molecular formula is C11H15ClFNO. The standard InChI is InChI=1S/C11H15ClFNO/c1-2-14(8-11(15)7-12)10-5-3-9(13)4-6-10/h3-6,11,15H,2,7-8H2,1H3. The van der Waals surface area contributed by atoms with Crippen LogP contribution >= 0.6 is 11.6 Å². The summed E-state index contributed by atoms with van der Waals surface area (Å²) < 4.78 is 12.7. The Morgan fingerprint density at radius 2 is 2.00 bits per heavy atom. The zero-order valence-electron chi connectivity index (χ0n) is 8.66. The molecule has 0 spiro atoms. The zero-order chi connectivity index (χ0) is 11.3. The van der Waals surface area contributed by atoms with Gasteiger partial charge in [0.05, 0.1) is 12.0 Å². The molecule has 0 fully saturated rings. The Morgan fingerprint density at radius 3 is 2.47 bits per heavy atom. The van der Waals surface area contributed by atoms with Crippen molar-refractivity contribution in [1.82, 2.24) is 0 Å². The van der Waals surface area contributed by atoms with Gasteiger partial charge in [-0.15, -0.1) is 11.6 Å². The van der Waals surface area contributed by atoms with Gasteiger partial charge in [0.2, 0.25) is 0 Å². The van der Waals surface area contributed by atoms with Crippen LogP contribution in [0.2, 0.25) is 0 Å². The van der Waals surface area contributed by atoms with Gasteiger partial charge in [-0.2, -0.15) is 0 Å². The molecule has 0 heterocycles. The van der Waals surface area contributed by atoms with E-state index >= 15 is 0 Å². The summed E-state index contributed by atoms with van der Waals surface area (Å²) in [5, 5.41) is 9.43. The normalized spacial score (nSPS) is 12.5. The molecule has 1 aromatic rings. The van der Waals surface area contributed by atoms with Gasteiger partial charge >= 0.3 is 0 Å². The molecule has 1 unspecified atom stereocenters. The number of alkyl halides is 1. The van der Waals surface area contributed by atoms with E-state index in [9.17, 15) is 9.50 Å². The Kier molecular flexibility index (Phi) is 4.85. The minimum absolute atomic E-state index is 0.206. The average Bonchev–Trinajstić information content (AvgIpc) is 2.27. The molecular weight excluding hydrogens is 217 g/mol. The second kappa shape index (κ2) is 5.93. The van der Waals surface area contributed by atoms with E-state index in [-0.39, 0.29) is 11.7 Å². The highest BCUT2D eigenvalue weighted by Crippen LogP contribution is 2.14. The molecule has 0 amide bonds. The van der Waals surface area contributed by atoms with Crippen molar-refractivity contribution < 1.29 is 9.50 Å². The minimum atomic E-state index is -0.559. The van der Waals surface area contributed by atoms with Crippen molar-refractivity contribution in [3.05, 3.63) is 30.1 Å². The number of aliphatic hydroxyl groups excluding tert-OH is 1. The maximum absolute atomic E-state index is 12.7. The molecule has 0 aromatic heterocycles. The number of rotatable bonds is 5. The molecule has 0 aliphatic rings. The molecule has 1 aromatic carbocycles. The summed E-state index contributed by atoms with van der Waals surface area (Å²) in [6.45, 7) is 3.19. The monoisotopic (exact) mass is 231 g/mol. The van der Waals surface area contributed by atoms with Crippen LogP contribution in [0.1, 0.15) is 6.92 Å². The molecule has 0 aliphatic carbocycles. The molecule has 0 radical (unpaired) electrons. The second-order valence-electron chi connectivity index (χ2n) is 3.32. The van der Waals surface area contributed by atoms with Gasteiger partial charge in [0, 0.05) is 18.8 Å². The molecule has 0 saturated carbocycles. The van der Waals surface area contributed by atoms with Crippen LogP contribution in [0.15, 0.2) is 24.3 Å². The van der Waals surface area contributed by atoms with E-state index in [1.807, 2.05) is 11.8 Å². The summed E-state index contributed by atoms with van der Waals surface area (Å²) >= 11 is 5.53. The molecule has 84 valence electrons. The largest absolute Gasteiger partial charge is 0.390 e. The van der Waals surface area contributed by atoms with Gasteiger partial charge in [-0.3, -0.25) is 0 Å². The predicted molar refractivity (Wildman–Crippen MR) is 61.0 cm³/mol. The summed E-state index contributed by atoms with van der Waals surface area (Å²) in [5.74, 6) is -0.0507. The van der Waals surface area contributed by atoms with E-state index in [0.29, 0.717) is 6.54 Å². The summed E-state index contributed by atoms with van der Waals surface area (Å²) in [6.07, 6.45) is -0.559. The van der Waals surface area contributed by atoms with Crippen LogP contribution in [-0.2, 0) is 0 Å². The lowest BCUT2D eigenvalue weighted by Crippen LogP contribution is -2.33. The number of likely N-dealkylation sites (N-methyl/N-ethyl adjacent to an activating group) is 1. The Hall–Kier alpha value is -0.800. The predicted octanol–water partition coefficient (Wildman–Crippen LogP) is 2.25. The molecule has 0 aliphatic heterocycles. The highest BCUT2D eigenvalue weighted by molar-refractivity contribution is 6.18. The Labute approximate surface area is 94.3 Å². The van der Waals surface area contributed by atoms with Crippen LogP contribution in [-0.4, -0.2) is 30.2 Å². The van der Waals surface area contributed by atoms with Gasteiger partial charge in [0.15, 0.2) is 0 Å². The van der Waals surface area contributed by atoms with Crippen LogP contribution < -0.4 is 4.90 Å². The lowest BCUT2D eigenvalue weighted by molar-refractivity contribution is 0.203. The maximum atomic E-state index is 12.7. The fraction of sp³-hybridized carbons (Fsp3) is 0.455. The average molecular weight is 232 g/mol. The number of hydrogen-bond donors (Lipinski definition) is 1. The number of hydrogen-bond acceptors (Lipinski definition) is 2. The molecule has 4 heteroatoms. The molecule has 1 atom stereocenters. The lowest BCUT2D eigenvalue weighted by atomic mass is 10.2. The third kappa shape index (κ3) is 3.68. The minimum Gasteiger partial charge on any atom is -0.390 e. The molecule has 1 rings (SSSR count). The highest BCUT2D eigenvalue weighted by atomic mass is 35.5. The van der Waals surface area contributed by atoms with Crippen LogP contribution in [0.25, 0.3) is 0 Å². The molecule has 2 nitrogen and oxygen atoms in total. The Bertz CT molecular complexity index is 291. The fourth-order valence-corrected chi connectivity index (χ4v) is 1.47. The first kappa shape index (κ1) is 12.3. The van der Waals surface area contributed by atoms with Crippen molar-refractivity contribution in [2.75, 3.05) is 23.9 Å². The molecule has 15 heavy (non-hydrogen) atoms. The second-order valence-corrected chi connectivity index (χ2v) is 3.63. The number of halogens is 2. The van der Waals surface area contributed by atoms with Gasteiger partial charge in [0.25, 0.3) is 0 Å². The van der Waals surface area contributed by atoms with E-state index in [2.05, 4.69) is 0 Å². The fourth-order valence-electron chi connectivity index (χ4n) is 1.37. The van der Waals surface area contributed by atoms with Crippen LogP contribution in [0.4, 0.5) is 10.1 Å². The van der Waals surface area contributed by atoms with Crippen molar-refractivity contribution in [1.29, 1.82) is 0 Å². The van der Waals surface area contributed by atoms with Crippen molar-refractivity contribution in [2.24, 2.45) is 0 Å². The van der Waals surface area contributed by atoms with Crippen LogP contribution in [0, 0.1) is 5.82 Å². The van der Waals surface area contributed by atoms with Crippen molar-refractivity contribution >= 4 is 17.3 Å². The third-order valence-electron chi connectivity index (χ3n) is 2.18. The van der Waals surface area contributed by atoms with Crippen LogP contribution in [0.5, 0.6) is 0 Å². The topological polar surface area (TPSA) is 23.5 Å². The maximum Gasteiger partial charge on any atom is 0.123 e. The molecule has 0 bridgehead atoms. The van der Waals surface area contributed by atoms with E-state index in [4.69, 9.17) is 11.6 Å². The third-order valence-corrected chi connectivity index (χ3v) is 2.54. The number of anilines is 1. The summed E-state index contributed by atoms with van der Waals surface area (Å²) in [5.41, 5.74) is 0.892. The van der Waals surface area contributed by atoms with Crippen molar-refractivity contribution in [3.8, 4) is 0 Å². The van der Waals surface area contributed by atoms with Gasteiger partial charge in [-0.1, -0.05) is 0 Å². The van der Waals surface area contributed by atoms with E-state index in [1.54, 1.807) is 12.1 Å². The van der Waals surface area contributed by atoms with Gasteiger partial charge in [-0.05, 0) is 31.2 Å². The first-order valence-corrected chi connectivity index (χ1v) is 5.45. The Balaban J connectivity index is 2.69. The van der Waals surface area contributed by atoms with Crippen molar-refractivity contribution in [3.63, 3.8) is 0 Å². The smallest absolute Gasteiger partial charge is 0.123 e. The quantitative estimate of drug-likeness (QED) is 0.786. The number of benzene rings is 1. The van der Waals surface area contributed by atoms with E-state index < -0.39 is 6.10 Å². The molecule has 0 saturated heterocycles.